The van der Waals surface area contributed by atoms with Crippen molar-refractivity contribution in [3.63, 3.8) is 0 Å². The van der Waals surface area contributed by atoms with Crippen LogP contribution in [0, 0.1) is 23.1 Å². The number of nitrogens with one attached hydrogen (secondary N) is 2. The van der Waals surface area contributed by atoms with Crippen LogP contribution in [0.25, 0.3) is 0 Å². The molecule has 1 heterocycles. The molecule has 0 spiro atoms. The van der Waals surface area contributed by atoms with Crippen LogP contribution in [0.4, 0.5) is 14.9 Å². The van der Waals surface area contributed by atoms with Gasteiger partial charge in [0.05, 0.1) is 12.0 Å². The topological polar surface area (TPSA) is 74.1 Å². The highest BCUT2D eigenvalue weighted by Gasteiger charge is 2.26. The molecule has 1 aliphatic rings. The Labute approximate surface area is 135 Å². The van der Waals surface area contributed by atoms with Gasteiger partial charge >= 0.3 is 6.09 Å². The fraction of sp³-hybridized carbons (Fsp3) is 0.529. The first-order chi connectivity index (χ1) is 10.8. The lowest BCUT2D eigenvalue weighted by Gasteiger charge is -2.21. The van der Waals surface area contributed by atoms with E-state index in [-0.39, 0.29) is 24.2 Å². The molecular formula is C17H22FN3O2. The molecule has 0 saturated heterocycles. The van der Waals surface area contributed by atoms with Crippen molar-refractivity contribution >= 4 is 11.8 Å². The maximum Gasteiger partial charge on any atom is 0.407 e. The van der Waals surface area contributed by atoms with Crippen LogP contribution in [0.1, 0.15) is 38.7 Å². The Hall–Kier alpha value is -2.29. The van der Waals surface area contributed by atoms with E-state index in [1.165, 1.54) is 12.1 Å². The smallest absolute Gasteiger partial charge is 0.407 e. The molecule has 5 nitrogen and oxygen atoms in total. The van der Waals surface area contributed by atoms with Crippen LogP contribution in [0.3, 0.4) is 0 Å². The maximum absolute atomic E-state index is 13.4. The summed E-state index contributed by atoms with van der Waals surface area (Å²) in [5.41, 5.74) is 1.23. The van der Waals surface area contributed by atoms with Crippen LogP contribution in [0.2, 0.25) is 0 Å². The van der Waals surface area contributed by atoms with Crippen molar-refractivity contribution in [2.24, 2.45) is 5.92 Å². The minimum absolute atomic E-state index is 0.0609. The number of amides is 1. The normalized spacial score (nSPS) is 17.6. The molecule has 2 N–H and O–H groups in total. The highest BCUT2D eigenvalue weighted by atomic mass is 19.1. The molecule has 1 aromatic carbocycles. The van der Waals surface area contributed by atoms with Gasteiger partial charge in [0.15, 0.2) is 0 Å². The summed E-state index contributed by atoms with van der Waals surface area (Å²) in [4.78, 5) is 11.7. The summed E-state index contributed by atoms with van der Waals surface area (Å²) >= 11 is 0. The van der Waals surface area contributed by atoms with E-state index in [0.29, 0.717) is 13.0 Å². The van der Waals surface area contributed by atoms with Gasteiger partial charge in [-0.15, -0.1) is 0 Å². The lowest BCUT2D eigenvalue weighted by atomic mass is 9.91. The van der Waals surface area contributed by atoms with E-state index in [1.54, 1.807) is 26.8 Å². The number of halogens is 1. The van der Waals surface area contributed by atoms with Gasteiger partial charge in [-0.2, -0.15) is 5.26 Å². The van der Waals surface area contributed by atoms with Crippen molar-refractivity contribution in [3.05, 3.63) is 29.6 Å². The SMILES string of the molecule is CC(C)(C)OC(=O)NC[C@H](C#N)CC1CNc2ccc(F)cc21. The summed E-state index contributed by atoms with van der Waals surface area (Å²) < 4.78 is 18.6. The summed E-state index contributed by atoms with van der Waals surface area (Å²) in [5.74, 6) is -0.577. The third kappa shape index (κ3) is 4.85. The molecule has 2 atom stereocenters. The Bertz CT molecular complexity index is 619. The van der Waals surface area contributed by atoms with Gasteiger partial charge in [-0.25, -0.2) is 9.18 Å². The number of hydrogen-bond donors (Lipinski definition) is 2. The van der Waals surface area contributed by atoms with Gasteiger partial charge in [0.25, 0.3) is 0 Å². The quantitative estimate of drug-likeness (QED) is 0.892. The number of carbonyl (C=O) groups is 1. The number of alkyl carbamates (subject to hydrolysis) is 1. The van der Waals surface area contributed by atoms with Crippen molar-refractivity contribution in [3.8, 4) is 6.07 Å². The van der Waals surface area contributed by atoms with E-state index in [4.69, 9.17) is 4.74 Å². The van der Waals surface area contributed by atoms with Crippen LogP contribution in [0.15, 0.2) is 18.2 Å². The number of rotatable bonds is 4. The number of anilines is 1. The Balaban J connectivity index is 1.91. The Morgan fingerprint density at radius 2 is 2.30 bits per heavy atom. The summed E-state index contributed by atoms with van der Waals surface area (Å²) in [6, 6.07) is 6.84. The molecule has 0 bridgehead atoms. The maximum atomic E-state index is 13.4. The van der Waals surface area contributed by atoms with Crippen molar-refractivity contribution < 1.29 is 13.9 Å². The van der Waals surface area contributed by atoms with E-state index in [0.717, 1.165) is 11.3 Å². The minimum Gasteiger partial charge on any atom is -0.444 e. The Kier molecular flexibility index (Phi) is 5.09. The first-order valence-electron chi connectivity index (χ1n) is 7.68. The zero-order valence-electron chi connectivity index (χ0n) is 13.6. The molecule has 23 heavy (non-hydrogen) atoms. The molecule has 124 valence electrons. The predicted molar refractivity (Wildman–Crippen MR) is 85.6 cm³/mol. The highest BCUT2D eigenvalue weighted by molar-refractivity contribution is 5.67. The molecule has 0 fully saturated rings. The molecule has 0 radical (unpaired) electrons. The fourth-order valence-corrected chi connectivity index (χ4v) is 2.63. The number of benzene rings is 1. The number of nitrogens with zero attached hydrogens (tertiary/aromatic N) is 1. The van der Waals surface area contributed by atoms with Crippen LogP contribution in [-0.2, 0) is 4.74 Å². The Morgan fingerprint density at radius 3 is 2.96 bits per heavy atom. The molecule has 0 aliphatic carbocycles. The average Bonchev–Trinajstić information content (AvgIpc) is 2.83. The van der Waals surface area contributed by atoms with Crippen LogP contribution < -0.4 is 10.6 Å². The van der Waals surface area contributed by atoms with Gasteiger partial charge in [-0.05, 0) is 51.0 Å². The van der Waals surface area contributed by atoms with Crippen molar-refractivity contribution in [2.75, 3.05) is 18.4 Å². The van der Waals surface area contributed by atoms with Crippen molar-refractivity contribution in [1.82, 2.24) is 5.32 Å². The minimum atomic E-state index is -0.571. The third-order valence-corrected chi connectivity index (χ3v) is 3.64. The number of ether oxygens (including phenoxy) is 1. The number of hydrogen-bond acceptors (Lipinski definition) is 4. The van der Waals surface area contributed by atoms with E-state index >= 15 is 0 Å². The van der Waals surface area contributed by atoms with Gasteiger partial charge in [0.1, 0.15) is 11.4 Å². The Morgan fingerprint density at radius 1 is 1.57 bits per heavy atom. The van der Waals surface area contributed by atoms with Gasteiger partial charge in [-0.1, -0.05) is 0 Å². The van der Waals surface area contributed by atoms with Crippen molar-refractivity contribution in [2.45, 2.75) is 38.7 Å². The summed E-state index contributed by atoms with van der Waals surface area (Å²) in [7, 11) is 0. The summed E-state index contributed by atoms with van der Waals surface area (Å²) in [6.07, 6.45) is 0.0178. The highest BCUT2D eigenvalue weighted by Crippen LogP contribution is 2.35. The summed E-state index contributed by atoms with van der Waals surface area (Å²) in [6.45, 7) is 6.23. The molecule has 6 heteroatoms. The molecule has 0 saturated carbocycles. The molecule has 0 aromatic heterocycles. The predicted octanol–water partition coefficient (Wildman–Crippen LogP) is 3.39. The summed E-state index contributed by atoms with van der Waals surface area (Å²) in [5, 5.41) is 15.1. The van der Waals surface area contributed by atoms with Gasteiger partial charge in [0, 0.05) is 24.7 Å². The van der Waals surface area contributed by atoms with Gasteiger partial charge in [0.2, 0.25) is 0 Å². The monoisotopic (exact) mass is 319 g/mol. The second-order valence-corrected chi connectivity index (χ2v) is 6.75. The van der Waals surface area contributed by atoms with E-state index < -0.39 is 11.7 Å². The lowest BCUT2D eigenvalue weighted by molar-refractivity contribution is 0.0522. The zero-order valence-corrected chi connectivity index (χ0v) is 13.6. The molecule has 2 rings (SSSR count). The lowest BCUT2D eigenvalue weighted by Crippen LogP contribution is -2.35. The number of nitriles is 1. The van der Waals surface area contributed by atoms with E-state index in [2.05, 4.69) is 16.7 Å². The second-order valence-electron chi connectivity index (χ2n) is 6.75. The fourth-order valence-electron chi connectivity index (χ4n) is 2.63. The van der Waals surface area contributed by atoms with Crippen LogP contribution in [0.5, 0.6) is 0 Å². The zero-order chi connectivity index (χ0) is 17.0. The van der Waals surface area contributed by atoms with Gasteiger partial charge < -0.3 is 15.4 Å². The second kappa shape index (κ2) is 6.86. The van der Waals surface area contributed by atoms with E-state index in [1.807, 2.05) is 0 Å². The average molecular weight is 319 g/mol. The molecular weight excluding hydrogens is 297 g/mol. The van der Waals surface area contributed by atoms with Gasteiger partial charge in [-0.3, -0.25) is 0 Å². The van der Waals surface area contributed by atoms with Crippen LogP contribution in [-0.4, -0.2) is 24.8 Å². The van der Waals surface area contributed by atoms with E-state index in [9.17, 15) is 14.4 Å². The number of fused-ring (bicyclic) bond motifs is 1. The number of carbonyl (C=O) groups excluding carboxylic acids is 1. The molecule has 1 aromatic rings. The third-order valence-electron chi connectivity index (χ3n) is 3.64. The van der Waals surface area contributed by atoms with Crippen molar-refractivity contribution in [1.29, 1.82) is 5.26 Å². The first kappa shape index (κ1) is 17.1. The standard InChI is InChI=1S/C17H22FN3O2/c1-17(2,3)23-16(22)21-9-11(8-19)6-12-10-20-15-5-4-13(18)7-14(12)15/h4-5,7,11-12,20H,6,9-10H2,1-3H3,(H,21,22)/t11-,12?/m0/s1. The molecule has 1 aliphatic heterocycles. The molecule has 1 amide bonds. The van der Waals surface area contributed by atoms with Crippen LogP contribution >= 0.6 is 0 Å². The largest absolute Gasteiger partial charge is 0.444 e. The molecule has 1 unspecified atom stereocenters. The first-order valence-corrected chi connectivity index (χ1v) is 7.68.